The predicted octanol–water partition coefficient (Wildman–Crippen LogP) is 4.85. The molecule has 1 unspecified atom stereocenters. The first-order valence-corrected chi connectivity index (χ1v) is 12.1. The normalized spacial score (nSPS) is 18.7. The lowest BCUT2D eigenvalue weighted by Crippen LogP contribution is -2.46. The van der Waals surface area contributed by atoms with Crippen molar-refractivity contribution in [3.05, 3.63) is 77.2 Å². The number of aliphatic carboxylic acids is 1. The number of carbonyl (C=O) groups excluding carboxylic acids is 1. The third-order valence-electron chi connectivity index (χ3n) is 6.54. The first kappa shape index (κ1) is 24.7. The van der Waals surface area contributed by atoms with Crippen LogP contribution in [0.3, 0.4) is 0 Å². The molecular formula is C28H32N2O5. The van der Waals surface area contributed by atoms with Gasteiger partial charge in [0, 0.05) is 17.9 Å². The molecule has 1 amide bonds. The Morgan fingerprint density at radius 2 is 1.86 bits per heavy atom. The Kier molecular flexibility index (Phi) is 7.98. The van der Waals surface area contributed by atoms with Gasteiger partial charge >= 0.3 is 5.97 Å². The Balaban J connectivity index is 1.32. The van der Waals surface area contributed by atoms with Crippen molar-refractivity contribution in [2.24, 2.45) is 5.92 Å². The van der Waals surface area contributed by atoms with Crippen LogP contribution in [0.1, 0.15) is 48.3 Å². The quantitative estimate of drug-likeness (QED) is 0.458. The molecule has 1 saturated carbocycles. The van der Waals surface area contributed by atoms with E-state index in [4.69, 9.17) is 9.15 Å². The number of carboxylic acids is 1. The lowest BCUT2D eigenvalue weighted by atomic mass is 9.86. The molecule has 0 saturated heterocycles. The van der Waals surface area contributed by atoms with Gasteiger partial charge in [0.05, 0.1) is 12.7 Å². The van der Waals surface area contributed by atoms with Gasteiger partial charge in [-0.1, -0.05) is 54.4 Å². The van der Waals surface area contributed by atoms with E-state index < -0.39 is 12.0 Å². The summed E-state index contributed by atoms with van der Waals surface area (Å²) in [4.78, 5) is 29.3. The van der Waals surface area contributed by atoms with E-state index in [-0.39, 0.29) is 24.3 Å². The molecule has 4 rings (SSSR count). The molecule has 0 aliphatic heterocycles. The molecule has 1 heterocycles. The Bertz CT molecular complexity index is 1140. The molecule has 3 aromatic rings. The van der Waals surface area contributed by atoms with Crippen LogP contribution in [0.5, 0.6) is 0 Å². The first-order chi connectivity index (χ1) is 16.9. The smallest absolute Gasteiger partial charge is 0.326 e. The minimum absolute atomic E-state index is 0.0872. The topological polar surface area (TPSA) is 102 Å². The van der Waals surface area contributed by atoms with E-state index in [0.717, 1.165) is 41.8 Å². The van der Waals surface area contributed by atoms with Crippen LogP contribution in [0, 0.1) is 19.8 Å². The average Bonchev–Trinajstić information content (AvgIpc) is 3.23. The molecule has 35 heavy (non-hydrogen) atoms. The van der Waals surface area contributed by atoms with Gasteiger partial charge in [0.2, 0.25) is 11.8 Å². The molecule has 1 aliphatic carbocycles. The molecule has 3 atom stereocenters. The zero-order valence-electron chi connectivity index (χ0n) is 20.2. The van der Waals surface area contributed by atoms with Crippen LogP contribution < -0.4 is 5.32 Å². The van der Waals surface area contributed by atoms with Gasteiger partial charge in [-0.2, -0.15) is 0 Å². The Morgan fingerprint density at radius 1 is 1.11 bits per heavy atom. The van der Waals surface area contributed by atoms with Gasteiger partial charge in [0.1, 0.15) is 17.5 Å². The van der Waals surface area contributed by atoms with Crippen molar-refractivity contribution in [3.63, 3.8) is 0 Å². The maximum atomic E-state index is 12.9. The number of aryl methyl sites for hydroxylation is 2. The minimum Gasteiger partial charge on any atom is -0.480 e. The molecule has 0 spiro atoms. The molecule has 2 aromatic carbocycles. The highest BCUT2D eigenvalue weighted by Crippen LogP contribution is 2.29. The molecule has 7 heteroatoms. The number of amides is 1. The van der Waals surface area contributed by atoms with Crippen molar-refractivity contribution in [2.75, 3.05) is 0 Å². The van der Waals surface area contributed by atoms with Gasteiger partial charge in [-0.3, -0.25) is 4.79 Å². The highest BCUT2D eigenvalue weighted by Gasteiger charge is 2.31. The van der Waals surface area contributed by atoms with Crippen molar-refractivity contribution >= 4 is 11.9 Å². The van der Waals surface area contributed by atoms with E-state index in [9.17, 15) is 14.7 Å². The molecule has 2 N–H and O–H groups in total. The van der Waals surface area contributed by atoms with E-state index in [2.05, 4.69) is 10.3 Å². The highest BCUT2D eigenvalue weighted by atomic mass is 16.5. The summed E-state index contributed by atoms with van der Waals surface area (Å²) in [5.41, 5.74) is 3.72. The second-order valence-corrected chi connectivity index (χ2v) is 9.27. The standard InChI is InChI=1S/C28H32N2O5/c1-18-11-13-21(14-12-18)27-30-25(19(2)35-27)17-34-23-10-6-9-22(16-23)26(31)29-24(28(32)33)15-20-7-4-3-5-8-20/h3-5,7-8,11-14,22-24H,6,9-10,15-17H2,1-2H3,(H,29,31)(H,32,33)/t22?,23-,24+/m0/s1. The summed E-state index contributed by atoms with van der Waals surface area (Å²) >= 11 is 0. The summed E-state index contributed by atoms with van der Waals surface area (Å²) in [5.74, 6) is -0.235. The first-order valence-electron chi connectivity index (χ1n) is 12.1. The number of nitrogens with one attached hydrogen (secondary N) is 1. The van der Waals surface area contributed by atoms with Crippen LogP contribution in [-0.4, -0.2) is 34.1 Å². The number of carboxylic acid groups (broad SMARTS) is 1. The van der Waals surface area contributed by atoms with Gasteiger partial charge in [0.15, 0.2) is 0 Å². The van der Waals surface area contributed by atoms with Crippen LogP contribution in [0.15, 0.2) is 59.0 Å². The number of hydrogen-bond acceptors (Lipinski definition) is 5. The van der Waals surface area contributed by atoms with E-state index >= 15 is 0 Å². The van der Waals surface area contributed by atoms with Crippen LogP contribution in [0.2, 0.25) is 0 Å². The predicted molar refractivity (Wildman–Crippen MR) is 132 cm³/mol. The van der Waals surface area contributed by atoms with E-state index in [1.54, 1.807) is 0 Å². The number of oxazole rings is 1. The van der Waals surface area contributed by atoms with Crippen LogP contribution >= 0.6 is 0 Å². The largest absolute Gasteiger partial charge is 0.480 e. The number of carbonyl (C=O) groups is 2. The number of ether oxygens (including phenoxy) is 1. The Hall–Kier alpha value is -3.45. The van der Waals surface area contributed by atoms with Crippen LogP contribution in [-0.2, 0) is 27.4 Å². The monoisotopic (exact) mass is 476 g/mol. The summed E-state index contributed by atoms with van der Waals surface area (Å²) in [6.07, 6.45) is 3.16. The van der Waals surface area contributed by atoms with Gasteiger partial charge < -0.3 is 19.6 Å². The zero-order chi connectivity index (χ0) is 24.8. The number of hydrogen-bond donors (Lipinski definition) is 2. The summed E-state index contributed by atoms with van der Waals surface area (Å²) in [6, 6.07) is 16.4. The molecule has 0 bridgehead atoms. The van der Waals surface area contributed by atoms with Crippen molar-refractivity contribution in [1.29, 1.82) is 0 Å². The molecular weight excluding hydrogens is 444 g/mol. The Labute approximate surface area is 205 Å². The fraction of sp³-hybridized carbons (Fsp3) is 0.393. The third-order valence-corrected chi connectivity index (χ3v) is 6.54. The fourth-order valence-corrected chi connectivity index (χ4v) is 4.45. The van der Waals surface area contributed by atoms with Crippen molar-refractivity contribution in [2.45, 2.75) is 64.7 Å². The van der Waals surface area contributed by atoms with Gasteiger partial charge in [0.25, 0.3) is 0 Å². The minimum atomic E-state index is -1.03. The SMILES string of the molecule is Cc1ccc(-c2nc(CO[C@H]3CCCC(C(=O)N[C@H](Cc4ccccc4)C(=O)O)C3)c(C)o2)cc1. The van der Waals surface area contributed by atoms with Crippen LogP contribution in [0.25, 0.3) is 11.5 Å². The molecule has 1 aromatic heterocycles. The molecule has 1 aliphatic rings. The maximum Gasteiger partial charge on any atom is 0.326 e. The fourth-order valence-electron chi connectivity index (χ4n) is 4.45. The number of aromatic nitrogens is 1. The lowest BCUT2D eigenvalue weighted by molar-refractivity contribution is -0.143. The summed E-state index contributed by atoms with van der Waals surface area (Å²) in [6.45, 7) is 4.22. The molecule has 7 nitrogen and oxygen atoms in total. The number of rotatable bonds is 9. The van der Waals surface area contributed by atoms with Gasteiger partial charge in [-0.05, 0) is 50.8 Å². The zero-order valence-corrected chi connectivity index (χ0v) is 20.2. The number of nitrogens with zero attached hydrogens (tertiary/aromatic N) is 1. The van der Waals surface area contributed by atoms with E-state index in [1.807, 2.05) is 68.4 Å². The van der Waals surface area contributed by atoms with Gasteiger partial charge in [-0.25, -0.2) is 9.78 Å². The van der Waals surface area contributed by atoms with Crippen molar-refractivity contribution in [3.8, 4) is 11.5 Å². The second-order valence-electron chi connectivity index (χ2n) is 9.27. The third kappa shape index (κ3) is 6.57. The summed E-state index contributed by atoms with van der Waals surface area (Å²) < 4.78 is 12.0. The van der Waals surface area contributed by atoms with Crippen LogP contribution in [0.4, 0.5) is 0 Å². The molecule has 184 valence electrons. The average molecular weight is 477 g/mol. The summed E-state index contributed by atoms with van der Waals surface area (Å²) in [7, 11) is 0. The maximum absolute atomic E-state index is 12.9. The second kappa shape index (κ2) is 11.3. The van der Waals surface area contributed by atoms with Crippen molar-refractivity contribution < 1.29 is 23.8 Å². The highest BCUT2D eigenvalue weighted by molar-refractivity contribution is 5.85. The number of benzene rings is 2. The Morgan fingerprint density at radius 3 is 2.57 bits per heavy atom. The van der Waals surface area contributed by atoms with Gasteiger partial charge in [-0.15, -0.1) is 0 Å². The molecule has 1 fully saturated rings. The van der Waals surface area contributed by atoms with Crippen molar-refractivity contribution in [1.82, 2.24) is 10.3 Å². The summed E-state index contributed by atoms with van der Waals surface area (Å²) in [5, 5.41) is 12.4. The van der Waals surface area contributed by atoms with E-state index in [1.165, 1.54) is 5.56 Å². The van der Waals surface area contributed by atoms with E-state index in [0.29, 0.717) is 18.9 Å². The lowest BCUT2D eigenvalue weighted by Gasteiger charge is -2.29. The molecule has 0 radical (unpaired) electrons.